The van der Waals surface area contributed by atoms with Crippen molar-refractivity contribution in [2.24, 2.45) is 5.92 Å². The van der Waals surface area contributed by atoms with Crippen LogP contribution in [-0.4, -0.2) is 62.2 Å². The number of hydrogen-bond donors (Lipinski definition) is 0. The van der Waals surface area contributed by atoms with E-state index in [-0.39, 0.29) is 17.9 Å². The molecule has 0 unspecified atom stereocenters. The second-order valence-electron chi connectivity index (χ2n) is 8.38. The Labute approximate surface area is 176 Å². The van der Waals surface area contributed by atoms with Gasteiger partial charge in [0.05, 0.1) is 17.6 Å². The first-order chi connectivity index (χ1) is 14.4. The summed E-state index contributed by atoms with van der Waals surface area (Å²) in [5.74, 6) is 1.13. The highest BCUT2D eigenvalue weighted by atomic mass is 16.4. The smallest absolute Gasteiger partial charge is 0.291 e. The molecule has 8 nitrogen and oxygen atoms in total. The van der Waals surface area contributed by atoms with Crippen LogP contribution in [0.4, 0.5) is 0 Å². The quantitative estimate of drug-likeness (QED) is 0.771. The molecular weight excluding hydrogens is 382 g/mol. The molecule has 0 bridgehead atoms. The fourth-order valence-electron chi connectivity index (χ4n) is 4.71. The molecule has 2 saturated heterocycles. The molecule has 160 valence electrons. The molecule has 0 aromatic carbocycles. The Morgan fingerprint density at radius 2 is 1.73 bits per heavy atom. The molecule has 2 amide bonds. The van der Waals surface area contributed by atoms with E-state index in [1.807, 2.05) is 16.7 Å². The highest BCUT2D eigenvalue weighted by molar-refractivity contribution is 5.93. The van der Waals surface area contributed by atoms with Crippen LogP contribution < -0.4 is 0 Å². The number of oxazole rings is 1. The van der Waals surface area contributed by atoms with Gasteiger partial charge in [-0.05, 0) is 51.9 Å². The Hall–Kier alpha value is -2.77. The van der Waals surface area contributed by atoms with Crippen LogP contribution >= 0.6 is 0 Å². The molecule has 1 atom stereocenters. The van der Waals surface area contributed by atoms with Crippen LogP contribution in [0.5, 0.6) is 0 Å². The van der Waals surface area contributed by atoms with Crippen molar-refractivity contribution in [1.29, 1.82) is 0 Å². The van der Waals surface area contributed by atoms with Gasteiger partial charge < -0.3 is 14.2 Å². The Kier molecular flexibility index (Phi) is 5.83. The number of rotatable bonds is 3. The lowest BCUT2D eigenvalue weighted by Gasteiger charge is -2.43. The maximum Gasteiger partial charge on any atom is 0.291 e. The minimum absolute atomic E-state index is 0.0292. The van der Waals surface area contributed by atoms with E-state index in [1.54, 1.807) is 26.2 Å². The molecule has 2 aliphatic rings. The van der Waals surface area contributed by atoms with Crippen molar-refractivity contribution in [2.75, 3.05) is 19.6 Å². The Morgan fingerprint density at radius 3 is 2.37 bits per heavy atom. The number of amides is 2. The van der Waals surface area contributed by atoms with Crippen molar-refractivity contribution in [1.82, 2.24) is 24.8 Å². The average molecular weight is 412 g/mol. The highest BCUT2D eigenvalue weighted by Gasteiger charge is 2.37. The van der Waals surface area contributed by atoms with Gasteiger partial charge in [0.2, 0.25) is 5.76 Å². The van der Waals surface area contributed by atoms with Crippen molar-refractivity contribution in [3.8, 4) is 0 Å². The van der Waals surface area contributed by atoms with E-state index in [9.17, 15) is 9.59 Å². The molecule has 0 saturated carbocycles. The average Bonchev–Trinajstić information content (AvgIpc) is 3.11. The molecule has 2 aliphatic heterocycles. The highest BCUT2D eigenvalue weighted by Crippen LogP contribution is 2.32. The summed E-state index contributed by atoms with van der Waals surface area (Å²) in [6.45, 7) is 7.52. The minimum Gasteiger partial charge on any atom is -0.436 e. The summed E-state index contributed by atoms with van der Waals surface area (Å²) in [5.41, 5.74) is 1.86. The number of aromatic nitrogens is 3. The molecule has 0 aliphatic carbocycles. The Balaban J connectivity index is 1.42. The van der Waals surface area contributed by atoms with Crippen LogP contribution in [0.2, 0.25) is 0 Å². The van der Waals surface area contributed by atoms with Crippen LogP contribution in [0.3, 0.4) is 0 Å². The van der Waals surface area contributed by atoms with E-state index < -0.39 is 0 Å². The molecule has 4 heterocycles. The monoisotopic (exact) mass is 411 g/mol. The van der Waals surface area contributed by atoms with Crippen molar-refractivity contribution < 1.29 is 14.0 Å². The maximum atomic E-state index is 13.1. The number of piperidine rings is 2. The Bertz CT molecular complexity index is 915. The van der Waals surface area contributed by atoms with Crippen LogP contribution in [0, 0.1) is 26.7 Å². The van der Waals surface area contributed by atoms with Gasteiger partial charge in [0.25, 0.3) is 11.8 Å². The van der Waals surface area contributed by atoms with Gasteiger partial charge in [0.1, 0.15) is 5.69 Å². The summed E-state index contributed by atoms with van der Waals surface area (Å²) in [4.78, 5) is 42.5. The summed E-state index contributed by atoms with van der Waals surface area (Å²) in [6.07, 6.45) is 8.13. The maximum absolute atomic E-state index is 13.1. The largest absolute Gasteiger partial charge is 0.436 e. The normalized spacial score (nSPS) is 20.4. The zero-order valence-electron chi connectivity index (χ0n) is 17.9. The van der Waals surface area contributed by atoms with Crippen molar-refractivity contribution in [3.05, 3.63) is 41.1 Å². The van der Waals surface area contributed by atoms with E-state index in [0.717, 1.165) is 44.3 Å². The van der Waals surface area contributed by atoms with Crippen LogP contribution in [0.1, 0.15) is 70.4 Å². The zero-order chi connectivity index (χ0) is 21.3. The number of carbonyl (C=O) groups excluding carboxylic acids is 2. The lowest BCUT2D eigenvalue weighted by molar-refractivity contribution is 0.0362. The first-order valence-electron chi connectivity index (χ1n) is 10.8. The minimum atomic E-state index is -0.0851. The summed E-state index contributed by atoms with van der Waals surface area (Å²) in [7, 11) is 0. The molecule has 0 radical (unpaired) electrons. The lowest BCUT2D eigenvalue weighted by Crippen LogP contribution is -2.51. The molecule has 0 N–H and O–H groups in total. The van der Waals surface area contributed by atoms with Gasteiger partial charge in [-0.15, -0.1) is 0 Å². The number of likely N-dealkylation sites (tertiary alicyclic amines) is 2. The summed E-state index contributed by atoms with van der Waals surface area (Å²) < 4.78 is 5.51. The second kappa shape index (κ2) is 8.53. The zero-order valence-corrected chi connectivity index (χ0v) is 17.9. The van der Waals surface area contributed by atoms with E-state index in [1.165, 1.54) is 0 Å². The van der Waals surface area contributed by atoms with E-state index >= 15 is 0 Å². The number of aryl methyl sites for hydroxylation is 3. The van der Waals surface area contributed by atoms with Gasteiger partial charge in [-0.3, -0.25) is 14.6 Å². The van der Waals surface area contributed by atoms with Gasteiger partial charge in [-0.25, -0.2) is 9.97 Å². The van der Waals surface area contributed by atoms with Crippen molar-refractivity contribution >= 4 is 11.8 Å². The van der Waals surface area contributed by atoms with Crippen LogP contribution in [0.25, 0.3) is 0 Å². The fraction of sp³-hybridized carbons (Fsp3) is 0.591. The SMILES string of the molecule is Cc1cnc(C(=O)N2CCCC[C@H]2C2CCN(C(=O)c3oc(C)nc3C)CC2)cn1. The predicted molar refractivity (Wildman–Crippen MR) is 110 cm³/mol. The van der Waals surface area contributed by atoms with E-state index in [2.05, 4.69) is 15.0 Å². The lowest BCUT2D eigenvalue weighted by atomic mass is 9.83. The standard InChI is InChI=1S/C22H29N5O3/c1-14-12-24-18(13-23-14)21(28)27-9-5-4-6-19(27)17-7-10-26(11-8-17)22(29)20-15(2)25-16(3)30-20/h12-13,17,19H,4-11H2,1-3H3/t19-/m0/s1. The van der Waals surface area contributed by atoms with Gasteiger partial charge in [-0.1, -0.05) is 0 Å². The molecule has 30 heavy (non-hydrogen) atoms. The third-order valence-corrected chi connectivity index (χ3v) is 6.28. The Morgan fingerprint density at radius 1 is 0.967 bits per heavy atom. The molecule has 0 spiro atoms. The van der Waals surface area contributed by atoms with Gasteiger partial charge in [0.15, 0.2) is 5.89 Å². The summed E-state index contributed by atoms with van der Waals surface area (Å²) >= 11 is 0. The van der Waals surface area contributed by atoms with Crippen LogP contribution in [-0.2, 0) is 0 Å². The first kappa shape index (κ1) is 20.5. The van der Waals surface area contributed by atoms with Gasteiger partial charge in [0, 0.05) is 38.8 Å². The predicted octanol–water partition coefficient (Wildman–Crippen LogP) is 2.94. The molecule has 2 fully saturated rings. The molecule has 4 rings (SSSR count). The first-order valence-corrected chi connectivity index (χ1v) is 10.8. The topological polar surface area (TPSA) is 92.4 Å². The second-order valence-corrected chi connectivity index (χ2v) is 8.38. The molecule has 8 heteroatoms. The number of nitrogens with zero attached hydrogens (tertiary/aromatic N) is 5. The van der Waals surface area contributed by atoms with Crippen molar-refractivity contribution in [3.63, 3.8) is 0 Å². The molecule has 2 aromatic heterocycles. The van der Waals surface area contributed by atoms with E-state index in [4.69, 9.17) is 4.42 Å². The number of carbonyl (C=O) groups is 2. The van der Waals surface area contributed by atoms with Crippen molar-refractivity contribution in [2.45, 2.75) is 58.9 Å². The summed E-state index contributed by atoms with van der Waals surface area (Å²) in [5, 5.41) is 0. The third kappa shape index (κ3) is 4.08. The number of hydrogen-bond acceptors (Lipinski definition) is 6. The third-order valence-electron chi connectivity index (χ3n) is 6.28. The molecular formula is C22H29N5O3. The summed E-state index contributed by atoms with van der Waals surface area (Å²) in [6, 6.07) is 0.195. The van der Waals surface area contributed by atoms with Gasteiger partial charge >= 0.3 is 0 Å². The fourth-order valence-corrected chi connectivity index (χ4v) is 4.71. The van der Waals surface area contributed by atoms with Crippen LogP contribution in [0.15, 0.2) is 16.8 Å². The van der Waals surface area contributed by atoms with Gasteiger partial charge in [-0.2, -0.15) is 0 Å². The molecule has 2 aromatic rings. The van der Waals surface area contributed by atoms with E-state index in [0.29, 0.717) is 42.0 Å².